The third-order valence-corrected chi connectivity index (χ3v) is 7.55. The monoisotopic (exact) mass is 398 g/mol. The second-order valence-corrected chi connectivity index (χ2v) is 9.23. The van der Waals surface area contributed by atoms with Gasteiger partial charge in [0.05, 0.1) is 0 Å². The Labute approximate surface area is 150 Å². The van der Waals surface area contributed by atoms with Gasteiger partial charge in [0, 0.05) is 0 Å². The van der Waals surface area contributed by atoms with Gasteiger partial charge in [0.15, 0.2) is 0 Å². The molecule has 1 aromatic carbocycles. The molecule has 2 aliphatic rings. The molecule has 1 aromatic rings. The van der Waals surface area contributed by atoms with E-state index in [2.05, 4.69) is 24.3 Å². The van der Waals surface area contributed by atoms with Gasteiger partial charge in [-0.2, -0.15) is 0 Å². The summed E-state index contributed by atoms with van der Waals surface area (Å²) in [7, 11) is 1.45. The quantitative estimate of drug-likeness (QED) is 0.547. The average Bonchev–Trinajstić information content (AvgIpc) is 3.07. The van der Waals surface area contributed by atoms with Crippen molar-refractivity contribution in [3.8, 4) is 0 Å². The molecular weight excluding hydrogens is 371 g/mol. The number of rotatable bonds is 6. The van der Waals surface area contributed by atoms with Gasteiger partial charge in [-0.3, -0.25) is 0 Å². The van der Waals surface area contributed by atoms with Gasteiger partial charge in [0.25, 0.3) is 0 Å². The van der Waals surface area contributed by atoms with Crippen molar-refractivity contribution in [1.29, 1.82) is 0 Å². The Morgan fingerprint density at radius 3 is 2.62 bits per heavy atom. The Hall–Kier alpha value is -0.871. The molecule has 3 rings (SSSR count). The van der Waals surface area contributed by atoms with Crippen LogP contribution in [0.3, 0.4) is 0 Å². The van der Waals surface area contributed by atoms with Crippen molar-refractivity contribution in [1.82, 2.24) is 0 Å². The second kappa shape index (κ2) is 9.00. The van der Waals surface area contributed by atoms with Crippen LogP contribution in [0.5, 0.6) is 0 Å². The number of carbonyl (C=O) groups excluding carboxylic acids is 1. The van der Waals surface area contributed by atoms with Gasteiger partial charge >= 0.3 is 150 Å². The molecule has 1 saturated heterocycles. The van der Waals surface area contributed by atoms with E-state index in [1.807, 2.05) is 6.07 Å². The number of ether oxygens (including phenoxy) is 3. The van der Waals surface area contributed by atoms with Crippen LogP contribution in [0.2, 0.25) is 4.82 Å². The molecular formula is C19H26O4Se. The number of methoxy groups -OCH3 is 1. The van der Waals surface area contributed by atoms with Crippen molar-refractivity contribution in [2.45, 2.75) is 55.7 Å². The first-order valence-electron chi connectivity index (χ1n) is 8.84. The number of carbonyl (C=O) groups is 1. The Morgan fingerprint density at radius 2 is 1.92 bits per heavy atom. The van der Waals surface area contributed by atoms with E-state index in [-0.39, 0.29) is 33.1 Å². The SMILES string of the molecule is COC(=O)[C@@H](O[C@H]1OCC[C@@H]1[Se]c1ccccc1)C1CCCCC1. The van der Waals surface area contributed by atoms with E-state index in [9.17, 15) is 4.79 Å². The van der Waals surface area contributed by atoms with Crippen molar-refractivity contribution in [3.05, 3.63) is 30.3 Å². The number of hydrogen-bond acceptors (Lipinski definition) is 4. The number of hydrogen-bond donors (Lipinski definition) is 0. The predicted octanol–water partition coefficient (Wildman–Crippen LogP) is 2.69. The topological polar surface area (TPSA) is 44.8 Å². The first kappa shape index (κ1) is 17.9. The van der Waals surface area contributed by atoms with E-state index in [0.717, 1.165) is 19.3 Å². The summed E-state index contributed by atoms with van der Waals surface area (Å²) in [5.41, 5.74) is 0. The van der Waals surface area contributed by atoms with Crippen molar-refractivity contribution in [2.75, 3.05) is 13.7 Å². The van der Waals surface area contributed by atoms with E-state index in [4.69, 9.17) is 14.2 Å². The molecule has 1 aliphatic heterocycles. The summed E-state index contributed by atoms with van der Waals surface area (Å²) < 4.78 is 18.4. The van der Waals surface area contributed by atoms with E-state index in [0.29, 0.717) is 11.4 Å². The van der Waals surface area contributed by atoms with Gasteiger partial charge in [-0.25, -0.2) is 0 Å². The molecule has 3 atom stereocenters. The molecule has 0 radical (unpaired) electrons. The normalized spacial score (nSPS) is 26.2. The molecule has 5 heteroatoms. The Morgan fingerprint density at radius 1 is 1.17 bits per heavy atom. The van der Waals surface area contributed by atoms with Crippen LogP contribution in [-0.4, -0.2) is 47.0 Å². The summed E-state index contributed by atoms with van der Waals surface area (Å²) >= 11 is 0.287. The van der Waals surface area contributed by atoms with Gasteiger partial charge in [-0.05, 0) is 0 Å². The van der Waals surface area contributed by atoms with E-state index in [1.165, 1.54) is 30.8 Å². The number of esters is 1. The Balaban J connectivity index is 1.65. The molecule has 0 bridgehead atoms. The van der Waals surface area contributed by atoms with Crippen LogP contribution in [0.15, 0.2) is 30.3 Å². The van der Waals surface area contributed by atoms with Crippen molar-refractivity contribution in [2.24, 2.45) is 5.92 Å². The molecule has 1 aliphatic carbocycles. The van der Waals surface area contributed by atoms with Crippen LogP contribution in [0.1, 0.15) is 38.5 Å². The summed E-state index contributed by atoms with van der Waals surface area (Å²) in [6.07, 6.45) is 5.92. The molecule has 0 amide bonds. The Bertz CT molecular complexity index is 515. The fourth-order valence-electron chi connectivity index (χ4n) is 3.52. The number of benzene rings is 1. The van der Waals surface area contributed by atoms with Crippen molar-refractivity contribution >= 4 is 25.4 Å². The van der Waals surface area contributed by atoms with Crippen LogP contribution < -0.4 is 4.46 Å². The zero-order valence-electron chi connectivity index (χ0n) is 14.2. The molecule has 0 spiro atoms. The maximum absolute atomic E-state index is 12.3. The van der Waals surface area contributed by atoms with Crippen molar-refractivity contribution in [3.63, 3.8) is 0 Å². The predicted molar refractivity (Wildman–Crippen MR) is 93.4 cm³/mol. The molecule has 1 heterocycles. The summed E-state index contributed by atoms with van der Waals surface area (Å²) in [4.78, 5) is 12.6. The molecule has 0 N–H and O–H groups in total. The van der Waals surface area contributed by atoms with Gasteiger partial charge in [0.1, 0.15) is 0 Å². The van der Waals surface area contributed by atoms with Crippen LogP contribution in [0.25, 0.3) is 0 Å². The van der Waals surface area contributed by atoms with Crippen LogP contribution >= 0.6 is 0 Å². The molecule has 2 fully saturated rings. The second-order valence-electron chi connectivity index (χ2n) is 6.48. The molecule has 0 unspecified atom stereocenters. The first-order valence-corrected chi connectivity index (χ1v) is 10.7. The van der Waals surface area contributed by atoms with E-state index < -0.39 is 6.10 Å². The van der Waals surface area contributed by atoms with E-state index in [1.54, 1.807) is 0 Å². The first-order chi connectivity index (χ1) is 11.8. The minimum absolute atomic E-state index is 0.247. The van der Waals surface area contributed by atoms with E-state index >= 15 is 0 Å². The van der Waals surface area contributed by atoms with Crippen LogP contribution in [0, 0.1) is 5.92 Å². The van der Waals surface area contributed by atoms with Crippen LogP contribution in [-0.2, 0) is 19.0 Å². The summed E-state index contributed by atoms with van der Waals surface area (Å²) in [6.45, 7) is 0.711. The maximum atomic E-state index is 12.3. The zero-order valence-corrected chi connectivity index (χ0v) is 15.9. The van der Waals surface area contributed by atoms with Gasteiger partial charge in [-0.1, -0.05) is 0 Å². The summed E-state index contributed by atoms with van der Waals surface area (Å²) in [6, 6.07) is 10.5. The zero-order chi connectivity index (χ0) is 16.8. The molecule has 132 valence electrons. The third-order valence-electron chi connectivity index (χ3n) is 4.81. The van der Waals surface area contributed by atoms with Crippen molar-refractivity contribution < 1.29 is 19.0 Å². The fourth-order valence-corrected chi connectivity index (χ4v) is 5.89. The summed E-state index contributed by atoms with van der Waals surface area (Å²) in [5.74, 6) is 0.0173. The standard InChI is InChI=1S/C19H26O4Se/c1-21-18(20)17(14-8-4-2-5-9-14)23-19-16(12-13-22-19)24-15-10-6-3-7-11-15/h3,6-7,10-11,14,16-17,19H,2,4-5,8-9,12-13H2,1H3/t16-,17-,19+/m0/s1. The fraction of sp³-hybridized carbons (Fsp3) is 0.632. The minimum atomic E-state index is -0.479. The molecule has 0 aromatic heterocycles. The molecule has 4 nitrogen and oxygen atoms in total. The van der Waals surface area contributed by atoms with Crippen LogP contribution in [0.4, 0.5) is 0 Å². The average molecular weight is 397 g/mol. The summed E-state index contributed by atoms with van der Waals surface area (Å²) in [5, 5.41) is 0. The van der Waals surface area contributed by atoms with Gasteiger partial charge in [0.2, 0.25) is 0 Å². The van der Waals surface area contributed by atoms with Gasteiger partial charge in [-0.15, -0.1) is 0 Å². The third kappa shape index (κ3) is 4.60. The molecule has 24 heavy (non-hydrogen) atoms. The Kier molecular flexibility index (Phi) is 6.73. The molecule has 1 saturated carbocycles. The van der Waals surface area contributed by atoms with Gasteiger partial charge < -0.3 is 0 Å².